The number of esters is 1. The van der Waals surface area contributed by atoms with Crippen LogP contribution in [0.25, 0.3) is 0 Å². The third kappa shape index (κ3) is 4.54. The van der Waals surface area contributed by atoms with Gasteiger partial charge in [-0.3, -0.25) is 4.79 Å². The van der Waals surface area contributed by atoms with Crippen LogP contribution in [0.2, 0.25) is 0 Å². The van der Waals surface area contributed by atoms with Crippen molar-refractivity contribution in [2.75, 3.05) is 17.7 Å². The molecule has 2 aromatic heterocycles. The highest BCUT2D eigenvalue weighted by molar-refractivity contribution is 7.99. The normalized spacial score (nSPS) is 10.3. The smallest absolute Gasteiger partial charge is 0.341 e. The first-order valence-electron chi connectivity index (χ1n) is 6.57. The molecule has 22 heavy (non-hydrogen) atoms. The highest BCUT2D eigenvalue weighted by Gasteiger charge is 2.18. The number of aromatic nitrogens is 2. The minimum Gasteiger partial charge on any atom is -0.462 e. The highest BCUT2D eigenvalue weighted by atomic mass is 32.2. The number of hydrogen-bond acceptors (Lipinski definition) is 7. The van der Waals surface area contributed by atoms with E-state index in [0.29, 0.717) is 22.3 Å². The number of nitrogens with one attached hydrogen (secondary N) is 1. The van der Waals surface area contributed by atoms with Gasteiger partial charge < -0.3 is 10.1 Å². The number of thioether (sulfide) groups is 1. The van der Waals surface area contributed by atoms with E-state index in [1.807, 2.05) is 6.92 Å². The van der Waals surface area contributed by atoms with Crippen molar-refractivity contribution < 1.29 is 14.3 Å². The maximum absolute atomic E-state index is 12.0. The lowest BCUT2D eigenvalue weighted by atomic mass is 10.3. The van der Waals surface area contributed by atoms with Gasteiger partial charge in [-0.15, -0.1) is 11.3 Å². The molecule has 0 aromatic carbocycles. The molecule has 1 N–H and O–H groups in total. The number of anilines is 1. The molecular weight excluding hydrogens is 322 g/mol. The maximum atomic E-state index is 12.0. The van der Waals surface area contributed by atoms with E-state index in [2.05, 4.69) is 15.3 Å². The molecule has 0 aliphatic carbocycles. The van der Waals surface area contributed by atoms with E-state index in [0.717, 1.165) is 4.88 Å². The van der Waals surface area contributed by atoms with Gasteiger partial charge in [0.2, 0.25) is 5.91 Å². The quantitative estimate of drug-likeness (QED) is 0.496. The third-order valence-electron chi connectivity index (χ3n) is 2.48. The predicted molar refractivity (Wildman–Crippen MR) is 86.4 cm³/mol. The number of nitrogens with zero attached hydrogens (tertiary/aromatic N) is 2. The summed E-state index contributed by atoms with van der Waals surface area (Å²) in [6, 6.07) is 3.43. The zero-order valence-electron chi connectivity index (χ0n) is 12.2. The highest BCUT2D eigenvalue weighted by Crippen LogP contribution is 2.28. The Morgan fingerprint density at radius 3 is 2.77 bits per heavy atom. The Morgan fingerprint density at radius 1 is 1.36 bits per heavy atom. The predicted octanol–water partition coefficient (Wildman–Crippen LogP) is 2.75. The van der Waals surface area contributed by atoms with Gasteiger partial charge in [0.1, 0.15) is 5.00 Å². The molecule has 0 bridgehead atoms. The summed E-state index contributed by atoms with van der Waals surface area (Å²) >= 11 is 2.58. The van der Waals surface area contributed by atoms with E-state index in [4.69, 9.17) is 4.74 Å². The Hall–Kier alpha value is -1.93. The summed E-state index contributed by atoms with van der Waals surface area (Å²) in [5.41, 5.74) is 0.388. The first-order chi connectivity index (χ1) is 10.6. The zero-order chi connectivity index (χ0) is 15.9. The molecule has 0 aliphatic heterocycles. The van der Waals surface area contributed by atoms with Gasteiger partial charge in [-0.25, -0.2) is 14.8 Å². The van der Waals surface area contributed by atoms with Crippen LogP contribution in [0.5, 0.6) is 0 Å². The second kappa shape index (κ2) is 7.90. The van der Waals surface area contributed by atoms with E-state index in [9.17, 15) is 9.59 Å². The number of rotatable bonds is 6. The van der Waals surface area contributed by atoms with Crippen LogP contribution in [0.3, 0.4) is 0 Å². The molecule has 2 rings (SSSR count). The standard InChI is InChI=1S/C14H15N3O3S2/c1-3-20-13(19)10-7-9(2)22-12(10)17-11(18)8-21-14-15-5-4-6-16-14/h4-7H,3,8H2,1-2H3,(H,17,18). The lowest BCUT2D eigenvalue weighted by molar-refractivity contribution is -0.113. The van der Waals surface area contributed by atoms with Gasteiger partial charge in [0.05, 0.1) is 17.9 Å². The molecule has 0 spiro atoms. The SMILES string of the molecule is CCOC(=O)c1cc(C)sc1NC(=O)CSc1ncccn1. The lowest BCUT2D eigenvalue weighted by Gasteiger charge is -2.05. The number of amides is 1. The van der Waals surface area contributed by atoms with Crippen LogP contribution in [0.1, 0.15) is 22.2 Å². The van der Waals surface area contributed by atoms with E-state index >= 15 is 0 Å². The fourth-order valence-electron chi connectivity index (χ4n) is 1.62. The molecule has 6 nitrogen and oxygen atoms in total. The van der Waals surface area contributed by atoms with E-state index < -0.39 is 5.97 Å². The van der Waals surface area contributed by atoms with Crippen molar-refractivity contribution in [3.63, 3.8) is 0 Å². The number of carbonyl (C=O) groups is 2. The number of ether oxygens (including phenoxy) is 1. The Balaban J connectivity index is 1.98. The molecule has 8 heteroatoms. The minimum atomic E-state index is -0.429. The fraction of sp³-hybridized carbons (Fsp3) is 0.286. The Morgan fingerprint density at radius 2 is 2.09 bits per heavy atom. The van der Waals surface area contributed by atoms with Crippen molar-refractivity contribution in [3.8, 4) is 0 Å². The number of carbonyl (C=O) groups excluding carboxylic acids is 2. The van der Waals surface area contributed by atoms with E-state index in [1.54, 1.807) is 31.5 Å². The Labute approximate surface area is 136 Å². The van der Waals surface area contributed by atoms with Gasteiger partial charge in [0.15, 0.2) is 5.16 Å². The number of thiophene rings is 1. The molecule has 0 saturated carbocycles. The molecule has 0 fully saturated rings. The van der Waals surface area contributed by atoms with Crippen LogP contribution in [0.4, 0.5) is 5.00 Å². The average Bonchev–Trinajstić information content (AvgIpc) is 2.87. The third-order valence-corrected chi connectivity index (χ3v) is 4.32. The summed E-state index contributed by atoms with van der Waals surface area (Å²) in [6.07, 6.45) is 3.24. The van der Waals surface area contributed by atoms with E-state index in [1.165, 1.54) is 23.1 Å². The summed E-state index contributed by atoms with van der Waals surface area (Å²) in [5.74, 6) is -0.477. The van der Waals surface area contributed by atoms with Crippen LogP contribution in [-0.2, 0) is 9.53 Å². The first-order valence-corrected chi connectivity index (χ1v) is 8.37. The van der Waals surface area contributed by atoms with Crippen LogP contribution in [-0.4, -0.2) is 34.2 Å². The second-order valence-corrected chi connectivity index (χ2v) is 6.39. The molecular formula is C14H15N3O3S2. The van der Waals surface area contributed by atoms with Gasteiger partial charge in [-0.05, 0) is 26.0 Å². The second-order valence-electron chi connectivity index (χ2n) is 4.19. The first kappa shape index (κ1) is 16.4. The van der Waals surface area contributed by atoms with Gasteiger partial charge in [0, 0.05) is 17.3 Å². The van der Waals surface area contributed by atoms with Crippen molar-refractivity contribution in [2.24, 2.45) is 0 Å². The minimum absolute atomic E-state index is 0.170. The molecule has 0 aliphatic rings. The summed E-state index contributed by atoms with van der Waals surface area (Å²) < 4.78 is 4.98. The van der Waals surface area contributed by atoms with Crippen molar-refractivity contribution in [1.82, 2.24) is 9.97 Å². The van der Waals surface area contributed by atoms with Crippen molar-refractivity contribution in [1.29, 1.82) is 0 Å². The van der Waals surface area contributed by atoms with Gasteiger partial charge in [0.25, 0.3) is 0 Å². The molecule has 0 saturated heterocycles. The lowest BCUT2D eigenvalue weighted by Crippen LogP contribution is -2.16. The Kier molecular flexibility index (Phi) is 5.91. The summed E-state index contributed by atoms with van der Waals surface area (Å²) in [4.78, 5) is 32.8. The van der Waals surface area contributed by atoms with Crippen molar-refractivity contribution in [3.05, 3.63) is 35.0 Å². The topological polar surface area (TPSA) is 81.2 Å². The van der Waals surface area contributed by atoms with Crippen LogP contribution in [0.15, 0.2) is 29.7 Å². The maximum Gasteiger partial charge on any atom is 0.341 e. The zero-order valence-corrected chi connectivity index (χ0v) is 13.8. The van der Waals surface area contributed by atoms with Crippen LogP contribution >= 0.6 is 23.1 Å². The summed E-state index contributed by atoms with van der Waals surface area (Å²) in [5, 5.41) is 3.79. The largest absolute Gasteiger partial charge is 0.462 e. The van der Waals surface area contributed by atoms with Crippen molar-refractivity contribution >= 4 is 40.0 Å². The van der Waals surface area contributed by atoms with Crippen LogP contribution < -0.4 is 5.32 Å². The number of hydrogen-bond donors (Lipinski definition) is 1. The fourth-order valence-corrected chi connectivity index (χ4v) is 3.14. The molecule has 0 radical (unpaired) electrons. The molecule has 116 valence electrons. The molecule has 0 unspecified atom stereocenters. The Bertz CT molecular complexity index is 659. The molecule has 0 atom stereocenters. The van der Waals surface area contributed by atoms with Crippen LogP contribution in [0, 0.1) is 6.92 Å². The molecule has 2 aromatic rings. The van der Waals surface area contributed by atoms with Crippen molar-refractivity contribution in [2.45, 2.75) is 19.0 Å². The van der Waals surface area contributed by atoms with Gasteiger partial charge >= 0.3 is 5.97 Å². The number of aryl methyl sites for hydroxylation is 1. The summed E-state index contributed by atoms with van der Waals surface area (Å²) in [7, 11) is 0. The average molecular weight is 337 g/mol. The molecule has 1 amide bonds. The van der Waals surface area contributed by atoms with E-state index in [-0.39, 0.29) is 11.7 Å². The van der Waals surface area contributed by atoms with Gasteiger partial charge in [-0.1, -0.05) is 11.8 Å². The summed E-state index contributed by atoms with van der Waals surface area (Å²) in [6.45, 7) is 3.91. The monoisotopic (exact) mass is 337 g/mol. The molecule has 2 heterocycles. The van der Waals surface area contributed by atoms with Gasteiger partial charge in [-0.2, -0.15) is 0 Å².